The summed E-state index contributed by atoms with van der Waals surface area (Å²) in [5.74, 6) is 0. The molecule has 0 saturated carbocycles. The Kier molecular flexibility index (Phi) is 7.40. The molecule has 2 heterocycles. The van der Waals surface area contributed by atoms with Crippen LogP contribution in [0.5, 0.6) is 0 Å². The summed E-state index contributed by atoms with van der Waals surface area (Å²) in [6.07, 6.45) is 0. The van der Waals surface area contributed by atoms with Gasteiger partial charge >= 0.3 is 0 Å². The van der Waals surface area contributed by atoms with Gasteiger partial charge in [0.15, 0.2) is 0 Å². The van der Waals surface area contributed by atoms with E-state index in [2.05, 4.69) is 202 Å². The Hall–Kier alpha value is -5.64. The fourth-order valence-electron chi connectivity index (χ4n) is 10.6. The molecular weight excluding hydrogens is 735 g/mol. The van der Waals surface area contributed by atoms with Crippen LogP contribution in [-0.2, 0) is 21.7 Å². The Labute approximate surface area is 352 Å². The summed E-state index contributed by atoms with van der Waals surface area (Å²) in [5.41, 5.74) is 18.7. The van der Waals surface area contributed by atoms with Gasteiger partial charge in [0.2, 0.25) is 0 Å². The number of hydrogen-bond acceptors (Lipinski definition) is 3. The average Bonchev–Trinajstić information content (AvgIpc) is 3.89. The SMILES string of the molecule is CC(C)(C)c1cc(C(C)(C)C)c2sc3ccc4c(c3c2c1)C(C)(C)c1ccc(N(c2ccc3c(c2)C(C)(C)c2ccccc2-3)c2cccc3oc5ccccc5c23)cc1-4. The van der Waals surface area contributed by atoms with Gasteiger partial charge in [-0.3, -0.25) is 0 Å². The number of thiophene rings is 1. The lowest BCUT2D eigenvalue weighted by Gasteiger charge is -2.29. The normalized spacial score (nSPS) is 15.2. The van der Waals surface area contributed by atoms with Crippen LogP contribution in [0.4, 0.5) is 17.1 Å². The number of furan rings is 1. The summed E-state index contributed by atoms with van der Waals surface area (Å²) in [7, 11) is 0. The van der Waals surface area contributed by atoms with Crippen molar-refractivity contribution >= 4 is 70.5 Å². The van der Waals surface area contributed by atoms with Crippen molar-refractivity contribution in [2.24, 2.45) is 0 Å². The van der Waals surface area contributed by atoms with Crippen molar-refractivity contribution in [3.8, 4) is 22.3 Å². The largest absolute Gasteiger partial charge is 0.456 e. The van der Waals surface area contributed by atoms with Gasteiger partial charge in [0, 0.05) is 47.8 Å². The lowest BCUT2D eigenvalue weighted by atomic mass is 9.78. The molecule has 59 heavy (non-hydrogen) atoms. The van der Waals surface area contributed by atoms with Crippen LogP contribution < -0.4 is 4.90 Å². The summed E-state index contributed by atoms with van der Waals surface area (Å²) in [6.45, 7) is 23.8. The Balaban J connectivity index is 1.17. The summed E-state index contributed by atoms with van der Waals surface area (Å²) < 4.78 is 9.31. The first-order valence-electron chi connectivity index (χ1n) is 21.2. The smallest absolute Gasteiger partial charge is 0.137 e. The second kappa shape index (κ2) is 12.0. The molecule has 2 nitrogen and oxygen atoms in total. The molecule has 0 radical (unpaired) electrons. The van der Waals surface area contributed by atoms with E-state index in [4.69, 9.17) is 4.42 Å². The van der Waals surface area contributed by atoms with Crippen LogP contribution in [0.15, 0.2) is 132 Å². The highest BCUT2D eigenvalue weighted by Crippen LogP contribution is 2.57. The number of para-hydroxylation sites is 1. The molecule has 0 spiro atoms. The average molecular weight is 786 g/mol. The van der Waals surface area contributed by atoms with Gasteiger partial charge in [0.25, 0.3) is 0 Å². The minimum Gasteiger partial charge on any atom is -0.456 e. The number of benzene rings is 7. The third-order valence-corrected chi connectivity index (χ3v) is 14.9. The van der Waals surface area contributed by atoms with Crippen molar-refractivity contribution in [3.63, 3.8) is 0 Å². The standard InChI is InChI=1S/C56H51NOS/c1-53(2,3)32-28-40-50-48(59-52(40)44(29-32)54(4,5)6)27-25-37-39-30-33(23-26-42(39)56(9,10)51(37)50)57(45-19-15-21-47-49(45)38-17-12-14-20-46(38)58-47)34-22-24-36-35-16-11-13-18-41(35)55(7,8)43(36)31-34/h11-31H,1-10H3. The highest BCUT2D eigenvalue weighted by molar-refractivity contribution is 7.26. The van der Waals surface area contributed by atoms with Gasteiger partial charge in [-0.25, -0.2) is 0 Å². The van der Waals surface area contributed by atoms with E-state index in [1.54, 1.807) is 0 Å². The lowest BCUT2D eigenvalue weighted by Crippen LogP contribution is -2.17. The zero-order valence-corrected chi connectivity index (χ0v) is 36.7. The molecule has 0 amide bonds. The zero-order valence-electron chi connectivity index (χ0n) is 35.9. The van der Waals surface area contributed by atoms with Gasteiger partial charge in [-0.05, 0) is 121 Å². The maximum absolute atomic E-state index is 6.51. The molecule has 0 fully saturated rings. The molecule has 0 N–H and O–H groups in total. The van der Waals surface area contributed by atoms with E-state index in [0.29, 0.717) is 0 Å². The van der Waals surface area contributed by atoms with E-state index >= 15 is 0 Å². The maximum Gasteiger partial charge on any atom is 0.137 e. The van der Waals surface area contributed by atoms with E-state index < -0.39 is 0 Å². The predicted molar refractivity (Wildman–Crippen MR) is 254 cm³/mol. The molecule has 3 heteroatoms. The fraction of sp³-hybridized carbons (Fsp3) is 0.250. The summed E-state index contributed by atoms with van der Waals surface area (Å²) in [6, 6.07) is 48.1. The second-order valence-corrected chi connectivity index (χ2v) is 21.3. The molecule has 0 atom stereocenters. The van der Waals surface area contributed by atoms with E-state index in [0.717, 1.165) is 39.0 Å². The maximum atomic E-state index is 6.51. The molecule has 2 aliphatic rings. The zero-order chi connectivity index (χ0) is 41.0. The number of nitrogens with zero attached hydrogens (tertiary/aromatic N) is 1. The molecule has 2 aliphatic carbocycles. The highest BCUT2D eigenvalue weighted by Gasteiger charge is 2.40. The highest BCUT2D eigenvalue weighted by atomic mass is 32.1. The molecule has 0 bridgehead atoms. The van der Waals surface area contributed by atoms with Crippen molar-refractivity contribution in [3.05, 3.63) is 161 Å². The first-order valence-corrected chi connectivity index (χ1v) is 22.0. The van der Waals surface area contributed by atoms with Crippen molar-refractivity contribution in [2.75, 3.05) is 4.90 Å². The van der Waals surface area contributed by atoms with Crippen LogP contribution >= 0.6 is 11.3 Å². The Morgan fingerprint density at radius 1 is 0.508 bits per heavy atom. The number of rotatable bonds is 3. The molecule has 0 aliphatic heterocycles. The Morgan fingerprint density at radius 2 is 1.19 bits per heavy atom. The first-order chi connectivity index (χ1) is 28.0. The topological polar surface area (TPSA) is 16.4 Å². The first kappa shape index (κ1) is 36.4. The van der Waals surface area contributed by atoms with E-state index in [9.17, 15) is 0 Å². The molecular formula is C56H51NOS. The third kappa shape index (κ3) is 5.10. The molecule has 0 unspecified atom stereocenters. The molecule has 7 aromatic carbocycles. The predicted octanol–water partition coefficient (Wildman–Crippen LogP) is 16.6. The van der Waals surface area contributed by atoms with E-state index in [1.165, 1.54) is 75.8 Å². The summed E-state index contributed by atoms with van der Waals surface area (Å²) in [5, 5.41) is 5.08. The van der Waals surface area contributed by atoms with Gasteiger partial charge < -0.3 is 9.32 Å². The van der Waals surface area contributed by atoms with Crippen LogP contribution in [0, 0.1) is 0 Å². The summed E-state index contributed by atoms with van der Waals surface area (Å²) in [4.78, 5) is 2.48. The minimum atomic E-state index is -0.189. The molecule has 2 aromatic heterocycles. The van der Waals surface area contributed by atoms with Crippen LogP contribution in [0.3, 0.4) is 0 Å². The fourth-order valence-corrected chi connectivity index (χ4v) is 12.0. The van der Waals surface area contributed by atoms with Crippen molar-refractivity contribution in [2.45, 2.75) is 90.9 Å². The Morgan fingerprint density at radius 3 is 1.98 bits per heavy atom. The van der Waals surface area contributed by atoms with Crippen LogP contribution in [0.1, 0.15) is 103 Å². The van der Waals surface area contributed by atoms with Crippen molar-refractivity contribution in [1.82, 2.24) is 0 Å². The second-order valence-electron chi connectivity index (χ2n) is 20.2. The summed E-state index contributed by atoms with van der Waals surface area (Å²) >= 11 is 1.97. The third-order valence-electron chi connectivity index (χ3n) is 13.7. The van der Waals surface area contributed by atoms with Crippen molar-refractivity contribution in [1.29, 1.82) is 0 Å². The molecule has 9 aromatic rings. The van der Waals surface area contributed by atoms with Crippen LogP contribution in [0.2, 0.25) is 0 Å². The van der Waals surface area contributed by atoms with E-state index in [1.807, 2.05) is 11.3 Å². The van der Waals surface area contributed by atoms with Gasteiger partial charge in [0.05, 0.1) is 11.1 Å². The molecule has 11 rings (SSSR count). The van der Waals surface area contributed by atoms with Gasteiger partial charge in [-0.1, -0.05) is 142 Å². The minimum absolute atomic E-state index is 0.0269. The van der Waals surface area contributed by atoms with Gasteiger partial charge in [-0.15, -0.1) is 11.3 Å². The quantitative estimate of drug-likeness (QED) is 0.177. The molecule has 292 valence electrons. The van der Waals surface area contributed by atoms with Gasteiger partial charge in [0.1, 0.15) is 11.2 Å². The monoisotopic (exact) mass is 785 g/mol. The van der Waals surface area contributed by atoms with Gasteiger partial charge in [-0.2, -0.15) is 0 Å². The number of fused-ring (bicyclic) bond motifs is 13. The van der Waals surface area contributed by atoms with Crippen molar-refractivity contribution < 1.29 is 4.42 Å². The van der Waals surface area contributed by atoms with E-state index in [-0.39, 0.29) is 21.7 Å². The van der Waals surface area contributed by atoms with Crippen LogP contribution in [-0.4, -0.2) is 0 Å². The van der Waals surface area contributed by atoms with Crippen LogP contribution in [0.25, 0.3) is 64.4 Å². The Bertz CT molecular complexity index is 3240. The number of hydrogen-bond donors (Lipinski definition) is 0. The number of anilines is 3. The lowest BCUT2D eigenvalue weighted by molar-refractivity contribution is 0.573. The molecule has 0 saturated heterocycles.